The molecule has 0 radical (unpaired) electrons. The van der Waals surface area contributed by atoms with E-state index < -0.39 is 0 Å². The maximum absolute atomic E-state index is 12.9. The Morgan fingerprint density at radius 3 is 2.70 bits per heavy atom. The molecule has 4 rings (SSSR count). The van der Waals surface area contributed by atoms with Crippen molar-refractivity contribution >= 4 is 28.4 Å². The lowest BCUT2D eigenvalue weighted by molar-refractivity contribution is -0.146. The molecule has 0 bridgehead atoms. The van der Waals surface area contributed by atoms with Crippen molar-refractivity contribution in [3.8, 4) is 6.07 Å². The molecule has 0 aliphatic heterocycles. The summed E-state index contributed by atoms with van der Waals surface area (Å²) in [5.74, 6) is -0.635. The quantitative estimate of drug-likeness (QED) is 0.529. The smallest absolute Gasteiger partial charge is 0.308 e. The van der Waals surface area contributed by atoms with E-state index in [0.29, 0.717) is 47.7 Å². The van der Waals surface area contributed by atoms with Gasteiger partial charge < -0.3 is 10.1 Å². The number of rotatable bonds is 3. The van der Waals surface area contributed by atoms with Crippen LogP contribution in [0.1, 0.15) is 41.6 Å². The number of aromatic nitrogens is 2. The molecule has 8 nitrogen and oxygen atoms in total. The van der Waals surface area contributed by atoms with E-state index in [4.69, 9.17) is 10.00 Å². The molecule has 152 valence electrons. The molecule has 3 aromatic rings. The molecule has 1 aliphatic carbocycles. The number of esters is 1. The predicted octanol–water partition coefficient (Wildman–Crippen LogP) is 2.18. The van der Waals surface area contributed by atoms with Crippen LogP contribution < -0.4 is 10.9 Å². The molecule has 30 heavy (non-hydrogen) atoms. The Kier molecular flexibility index (Phi) is 5.19. The molecule has 1 aliphatic rings. The van der Waals surface area contributed by atoms with Gasteiger partial charge >= 0.3 is 5.97 Å². The Balaban J connectivity index is 1.63. The van der Waals surface area contributed by atoms with E-state index in [1.165, 1.54) is 17.6 Å². The summed E-state index contributed by atoms with van der Waals surface area (Å²) in [5.41, 5.74) is 1.03. The van der Waals surface area contributed by atoms with E-state index in [2.05, 4.69) is 10.3 Å². The fourth-order valence-electron chi connectivity index (χ4n) is 3.98. The second kappa shape index (κ2) is 7.95. The summed E-state index contributed by atoms with van der Waals surface area (Å²) in [6.45, 7) is 0. The molecule has 1 N–H and O–H groups in total. The van der Waals surface area contributed by atoms with Gasteiger partial charge in [0.2, 0.25) is 0 Å². The van der Waals surface area contributed by atoms with E-state index in [9.17, 15) is 14.4 Å². The van der Waals surface area contributed by atoms with Crippen LogP contribution in [0.15, 0.2) is 41.3 Å². The number of carbonyl (C=O) groups excluding carboxylic acids is 2. The van der Waals surface area contributed by atoms with Crippen LogP contribution in [-0.4, -0.2) is 34.4 Å². The highest BCUT2D eigenvalue weighted by atomic mass is 16.5. The van der Waals surface area contributed by atoms with Crippen LogP contribution in [0, 0.1) is 17.2 Å². The summed E-state index contributed by atoms with van der Waals surface area (Å²) in [4.78, 5) is 42.0. The first kappa shape index (κ1) is 19.6. The molecule has 2 aromatic heterocycles. The number of hydrogen-bond donors (Lipinski definition) is 1. The number of pyridine rings is 1. The summed E-state index contributed by atoms with van der Waals surface area (Å²) in [7, 11) is 1.39. The number of carbonyl (C=O) groups is 2. The molecule has 0 saturated heterocycles. The molecule has 1 saturated carbocycles. The zero-order chi connectivity index (χ0) is 21.3. The van der Waals surface area contributed by atoms with Gasteiger partial charge in [0.15, 0.2) is 5.65 Å². The fourth-order valence-corrected chi connectivity index (χ4v) is 3.98. The summed E-state index contributed by atoms with van der Waals surface area (Å²) < 4.78 is 6.13. The van der Waals surface area contributed by atoms with Crippen molar-refractivity contribution in [1.82, 2.24) is 14.7 Å². The monoisotopic (exact) mass is 404 g/mol. The Labute approximate surface area is 172 Å². The minimum Gasteiger partial charge on any atom is -0.469 e. The van der Waals surface area contributed by atoms with Gasteiger partial charge in [0.05, 0.1) is 41.1 Å². The molecule has 8 heteroatoms. The average Bonchev–Trinajstić information content (AvgIpc) is 2.78. The van der Waals surface area contributed by atoms with Crippen molar-refractivity contribution in [3.63, 3.8) is 0 Å². The second-order valence-electron chi connectivity index (χ2n) is 7.42. The SMILES string of the molecule is COC(=O)C1CCC(NC(=O)c2cccn3c(=O)c4cc(C#N)ccc4nc23)CC1. The van der Waals surface area contributed by atoms with Crippen LogP contribution in [0.2, 0.25) is 0 Å². The predicted molar refractivity (Wildman–Crippen MR) is 109 cm³/mol. The summed E-state index contributed by atoms with van der Waals surface area (Å²) in [6.07, 6.45) is 4.25. The van der Waals surface area contributed by atoms with Crippen LogP contribution in [0.3, 0.4) is 0 Å². The van der Waals surface area contributed by atoms with Gasteiger partial charge in [0, 0.05) is 12.2 Å². The molecule has 2 heterocycles. The Hall–Kier alpha value is -3.73. The van der Waals surface area contributed by atoms with E-state index in [0.717, 1.165) is 0 Å². The minimum atomic E-state index is -0.333. The second-order valence-corrected chi connectivity index (χ2v) is 7.42. The van der Waals surface area contributed by atoms with Gasteiger partial charge in [0.1, 0.15) is 0 Å². The average molecular weight is 404 g/mol. The van der Waals surface area contributed by atoms with Gasteiger partial charge in [0.25, 0.3) is 11.5 Å². The lowest BCUT2D eigenvalue weighted by Gasteiger charge is -2.27. The van der Waals surface area contributed by atoms with E-state index in [1.54, 1.807) is 30.5 Å². The summed E-state index contributed by atoms with van der Waals surface area (Å²) in [5, 5.41) is 12.4. The lowest BCUT2D eigenvalue weighted by Crippen LogP contribution is -2.39. The standard InChI is InChI=1S/C22H20N4O4/c1-30-22(29)14-5-7-15(8-6-14)24-20(27)16-3-2-10-26-19(16)25-18-9-4-13(12-23)11-17(18)21(26)28/h2-4,9-11,14-15H,5-8H2,1H3,(H,24,27). The molecule has 1 fully saturated rings. The normalized spacial score (nSPS) is 18.7. The van der Waals surface area contributed by atoms with Crippen molar-refractivity contribution in [1.29, 1.82) is 5.26 Å². The largest absolute Gasteiger partial charge is 0.469 e. The maximum Gasteiger partial charge on any atom is 0.308 e. The van der Waals surface area contributed by atoms with Crippen LogP contribution in [-0.2, 0) is 9.53 Å². The van der Waals surface area contributed by atoms with Gasteiger partial charge in [-0.3, -0.25) is 18.8 Å². The molecule has 1 amide bonds. The zero-order valence-electron chi connectivity index (χ0n) is 16.4. The number of nitrogens with one attached hydrogen (secondary N) is 1. The fraction of sp³-hybridized carbons (Fsp3) is 0.318. The van der Waals surface area contributed by atoms with Crippen molar-refractivity contribution in [2.75, 3.05) is 7.11 Å². The Bertz CT molecular complexity index is 1250. The van der Waals surface area contributed by atoms with Gasteiger partial charge in [-0.1, -0.05) is 0 Å². The Morgan fingerprint density at radius 1 is 1.23 bits per heavy atom. The molecule has 1 aromatic carbocycles. The molecular weight excluding hydrogens is 384 g/mol. The zero-order valence-corrected chi connectivity index (χ0v) is 16.4. The first-order chi connectivity index (χ1) is 14.5. The van der Waals surface area contributed by atoms with Crippen LogP contribution in [0.25, 0.3) is 16.6 Å². The third-order valence-electron chi connectivity index (χ3n) is 5.61. The topological polar surface area (TPSA) is 114 Å². The molecule has 0 spiro atoms. The van der Waals surface area contributed by atoms with Crippen LogP contribution >= 0.6 is 0 Å². The van der Waals surface area contributed by atoms with Crippen molar-refractivity contribution < 1.29 is 14.3 Å². The highest BCUT2D eigenvalue weighted by Crippen LogP contribution is 2.25. The number of amides is 1. The van der Waals surface area contributed by atoms with Gasteiger partial charge in [-0.2, -0.15) is 5.26 Å². The minimum absolute atomic E-state index is 0.0518. The third-order valence-corrected chi connectivity index (χ3v) is 5.61. The number of methoxy groups -OCH3 is 1. The van der Waals surface area contributed by atoms with E-state index >= 15 is 0 Å². The number of hydrogen-bond acceptors (Lipinski definition) is 6. The number of benzene rings is 1. The first-order valence-corrected chi connectivity index (χ1v) is 9.75. The summed E-state index contributed by atoms with van der Waals surface area (Å²) in [6, 6.07) is 9.92. The van der Waals surface area contributed by atoms with E-state index in [-0.39, 0.29) is 35.0 Å². The Morgan fingerprint density at radius 2 is 2.00 bits per heavy atom. The highest BCUT2D eigenvalue weighted by Gasteiger charge is 2.28. The van der Waals surface area contributed by atoms with Crippen molar-refractivity contribution in [3.05, 3.63) is 58.0 Å². The van der Waals surface area contributed by atoms with Crippen molar-refractivity contribution in [2.45, 2.75) is 31.7 Å². The first-order valence-electron chi connectivity index (χ1n) is 9.75. The number of nitrogens with zero attached hydrogens (tertiary/aromatic N) is 3. The molecule has 0 unspecified atom stereocenters. The summed E-state index contributed by atoms with van der Waals surface area (Å²) >= 11 is 0. The van der Waals surface area contributed by atoms with Gasteiger partial charge in [-0.25, -0.2) is 4.98 Å². The highest BCUT2D eigenvalue weighted by molar-refractivity contribution is 6.00. The van der Waals surface area contributed by atoms with E-state index in [1.807, 2.05) is 6.07 Å². The number of fused-ring (bicyclic) bond motifs is 2. The van der Waals surface area contributed by atoms with Crippen molar-refractivity contribution in [2.24, 2.45) is 5.92 Å². The molecular formula is C22H20N4O4. The van der Waals surface area contributed by atoms with Gasteiger partial charge in [-0.15, -0.1) is 0 Å². The maximum atomic E-state index is 12.9. The third kappa shape index (κ3) is 3.50. The van der Waals surface area contributed by atoms with Crippen LogP contribution in [0.4, 0.5) is 0 Å². The number of nitriles is 1. The van der Waals surface area contributed by atoms with Gasteiger partial charge in [-0.05, 0) is 56.0 Å². The number of ether oxygens (including phenoxy) is 1. The lowest BCUT2D eigenvalue weighted by atomic mass is 9.86. The van der Waals surface area contributed by atoms with Crippen LogP contribution in [0.5, 0.6) is 0 Å². The molecule has 0 atom stereocenters.